The highest BCUT2D eigenvalue weighted by atomic mass is 79.9. The van der Waals surface area contributed by atoms with Gasteiger partial charge in [0.05, 0.1) is 24.2 Å². The number of sulfonamides is 1. The Bertz CT molecular complexity index is 1030. The zero-order valence-corrected chi connectivity index (χ0v) is 19.2. The Hall–Kier alpha value is -2.23. The highest BCUT2D eigenvalue weighted by molar-refractivity contribution is 9.10. The van der Waals surface area contributed by atoms with Crippen LogP contribution in [0.5, 0.6) is 0 Å². The minimum atomic E-state index is -4.20. The molecule has 160 valence electrons. The van der Waals surface area contributed by atoms with Crippen LogP contribution in [0, 0.1) is 6.92 Å². The number of hydrogen-bond donors (Lipinski definition) is 0. The van der Waals surface area contributed by atoms with Crippen LogP contribution in [-0.2, 0) is 29.1 Å². The fourth-order valence-electron chi connectivity index (χ4n) is 3.41. The largest absolute Gasteiger partial charge is 0.464 e. The smallest absolute Gasteiger partial charge is 0.341 e. The Morgan fingerprint density at radius 2 is 1.47 bits per heavy atom. The Morgan fingerprint density at radius 3 is 1.93 bits per heavy atom. The highest BCUT2D eigenvalue weighted by Gasteiger charge is 2.80. The van der Waals surface area contributed by atoms with Crippen molar-refractivity contribution in [2.24, 2.45) is 0 Å². The summed E-state index contributed by atoms with van der Waals surface area (Å²) in [6.45, 7) is 5.00. The summed E-state index contributed by atoms with van der Waals surface area (Å²) in [6.07, 6.45) is 0. The van der Waals surface area contributed by atoms with Crippen LogP contribution >= 0.6 is 15.9 Å². The predicted octanol–water partition coefficient (Wildman–Crippen LogP) is 3.37. The standard InChI is InChI=1S/C21H22BrNO6S/c1-4-28-19(24)21(20(25)29-5-2)18(15-8-10-16(22)11-9-15)23(21)30(26,27)17-12-6-14(3)7-13-17/h6-13,18H,4-5H2,1-3H3. The Balaban J connectivity index is 2.19. The van der Waals surface area contributed by atoms with Gasteiger partial charge in [-0.2, -0.15) is 4.31 Å². The normalized spacial score (nSPS) is 19.7. The van der Waals surface area contributed by atoms with Crippen molar-refractivity contribution in [1.82, 2.24) is 4.31 Å². The molecule has 1 heterocycles. The first-order valence-corrected chi connectivity index (χ1v) is 11.7. The quantitative estimate of drug-likeness (QED) is 0.332. The molecule has 0 saturated carbocycles. The first-order chi connectivity index (χ1) is 14.2. The Morgan fingerprint density at radius 1 is 0.967 bits per heavy atom. The topological polar surface area (TPSA) is 89.8 Å². The molecular weight excluding hydrogens is 474 g/mol. The van der Waals surface area contributed by atoms with Gasteiger partial charge in [0.15, 0.2) is 0 Å². The first-order valence-electron chi connectivity index (χ1n) is 9.42. The monoisotopic (exact) mass is 495 g/mol. The first kappa shape index (κ1) is 22.5. The Kier molecular flexibility index (Phi) is 6.35. The lowest BCUT2D eigenvalue weighted by atomic mass is 9.99. The van der Waals surface area contributed by atoms with Gasteiger partial charge < -0.3 is 9.47 Å². The lowest BCUT2D eigenvalue weighted by Gasteiger charge is -2.15. The van der Waals surface area contributed by atoms with Crippen molar-refractivity contribution in [3.05, 3.63) is 64.1 Å². The summed E-state index contributed by atoms with van der Waals surface area (Å²) < 4.78 is 38.9. The van der Waals surface area contributed by atoms with Crippen molar-refractivity contribution < 1.29 is 27.5 Å². The number of esters is 2. The summed E-state index contributed by atoms with van der Waals surface area (Å²) in [5.41, 5.74) is -0.745. The van der Waals surface area contributed by atoms with E-state index < -0.39 is 33.5 Å². The molecule has 0 radical (unpaired) electrons. The van der Waals surface area contributed by atoms with Crippen LogP contribution in [0.15, 0.2) is 57.9 Å². The molecule has 1 aliphatic heterocycles. The van der Waals surface area contributed by atoms with Gasteiger partial charge in [0.25, 0.3) is 5.54 Å². The molecule has 1 saturated heterocycles. The van der Waals surface area contributed by atoms with Crippen LogP contribution in [0.25, 0.3) is 0 Å². The SMILES string of the molecule is CCOC(=O)C1(C(=O)OCC)C(c2ccc(Br)cc2)N1S(=O)(=O)c1ccc(C)cc1. The molecule has 0 spiro atoms. The summed E-state index contributed by atoms with van der Waals surface area (Å²) in [5, 5.41) is 0. The van der Waals surface area contributed by atoms with E-state index in [1.807, 2.05) is 6.92 Å². The maximum atomic E-state index is 13.5. The van der Waals surface area contributed by atoms with Crippen LogP contribution in [0.1, 0.15) is 31.0 Å². The van der Waals surface area contributed by atoms with Crippen LogP contribution in [0.3, 0.4) is 0 Å². The van der Waals surface area contributed by atoms with Gasteiger partial charge in [-0.3, -0.25) is 0 Å². The second kappa shape index (κ2) is 8.49. The number of rotatable bonds is 7. The van der Waals surface area contributed by atoms with Gasteiger partial charge in [-0.05, 0) is 50.6 Å². The van der Waals surface area contributed by atoms with Crippen molar-refractivity contribution in [3.63, 3.8) is 0 Å². The number of ether oxygens (including phenoxy) is 2. The summed E-state index contributed by atoms with van der Waals surface area (Å²) in [7, 11) is -4.20. The summed E-state index contributed by atoms with van der Waals surface area (Å²) in [4.78, 5) is 26.0. The van der Waals surface area contributed by atoms with E-state index in [1.165, 1.54) is 12.1 Å². The zero-order chi connectivity index (χ0) is 22.1. The van der Waals surface area contributed by atoms with Crippen LogP contribution < -0.4 is 0 Å². The van der Waals surface area contributed by atoms with Crippen molar-refractivity contribution in [3.8, 4) is 0 Å². The molecule has 1 fully saturated rings. The minimum Gasteiger partial charge on any atom is -0.464 e. The van der Waals surface area contributed by atoms with Crippen LogP contribution in [-0.4, -0.2) is 43.4 Å². The van der Waals surface area contributed by atoms with E-state index in [-0.39, 0.29) is 18.1 Å². The van der Waals surface area contributed by atoms with Crippen molar-refractivity contribution >= 4 is 37.9 Å². The molecule has 9 heteroatoms. The van der Waals surface area contributed by atoms with Crippen molar-refractivity contribution in [2.75, 3.05) is 13.2 Å². The molecule has 0 aromatic heterocycles. The molecule has 0 N–H and O–H groups in total. The molecule has 30 heavy (non-hydrogen) atoms. The number of nitrogens with zero attached hydrogens (tertiary/aromatic N) is 1. The van der Waals surface area contributed by atoms with E-state index >= 15 is 0 Å². The molecular formula is C21H22BrNO6S. The predicted molar refractivity (Wildman–Crippen MR) is 113 cm³/mol. The maximum Gasteiger partial charge on any atom is 0.341 e. The fourth-order valence-corrected chi connectivity index (χ4v) is 5.52. The van der Waals surface area contributed by atoms with Gasteiger partial charge in [0.1, 0.15) is 0 Å². The van der Waals surface area contributed by atoms with Crippen LogP contribution in [0.4, 0.5) is 0 Å². The van der Waals surface area contributed by atoms with E-state index in [1.54, 1.807) is 50.2 Å². The molecule has 0 amide bonds. The van der Waals surface area contributed by atoms with Gasteiger partial charge in [-0.1, -0.05) is 45.8 Å². The van der Waals surface area contributed by atoms with E-state index in [2.05, 4.69) is 15.9 Å². The summed E-state index contributed by atoms with van der Waals surface area (Å²) in [6, 6.07) is 11.9. The number of carbonyl (C=O) groups is 2. The van der Waals surface area contributed by atoms with E-state index in [0.717, 1.165) is 14.3 Å². The number of benzene rings is 2. The lowest BCUT2D eigenvalue weighted by Crippen LogP contribution is -2.43. The molecule has 0 aliphatic carbocycles. The average Bonchev–Trinajstić information content (AvgIpc) is 3.42. The van der Waals surface area contributed by atoms with Crippen molar-refractivity contribution in [1.29, 1.82) is 0 Å². The molecule has 1 aliphatic rings. The summed E-state index contributed by atoms with van der Waals surface area (Å²) in [5.74, 6) is -1.90. The maximum absolute atomic E-state index is 13.5. The van der Waals surface area contributed by atoms with Gasteiger partial charge in [-0.25, -0.2) is 18.0 Å². The zero-order valence-electron chi connectivity index (χ0n) is 16.8. The second-order valence-electron chi connectivity index (χ2n) is 6.78. The van der Waals surface area contributed by atoms with Crippen LogP contribution in [0.2, 0.25) is 0 Å². The third kappa shape index (κ3) is 3.66. The molecule has 7 nitrogen and oxygen atoms in total. The molecule has 2 aromatic carbocycles. The molecule has 2 atom stereocenters. The van der Waals surface area contributed by atoms with E-state index in [0.29, 0.717) is 5.56 Å². The highest BCUT2D eigenvalue weighted by Crippen LogP contribution is 2.58. The number of carbonyl (C=O) groups excluding carboxylic acids is 2. The lowest BCUT2D eigenvalue weighted by molar-refractivity contribution is -0.160. The summed E-state index contributed by atoms with van der Waals surface area (Å²) >= 11 is 3.33. The van der Waals surface area contributed by atoms with E-state index in [9.17, 15) is 18.0 Å². The third-order valence-electron chi connectivity index (χ3n) is 4.85. The minimum absolute atomic E-state index is 0.00847. The second-order valence-corrected chi connectivity index (χ2v) is 9.51. The fraction of sp³-hybridized carbons (Fsp3) is 0.333. The molecule has 2 aromatic rings. The average molecular weight is 496 g/mol. The van der Waals surface area contributed by atoms with Gasteiger partial charge >= 0.3 is 11.9 Å². The number of hydrogen-bond acceptors (Lipinski definition) is 6. The number of halogens is 1. The van der Waals surface area contributed by atoms with E-state index in [4.69, 9.17) is 9.47 Å². The third-order valence-corrected chi connectivity index (χ3v) is 7.26. The van der Waals surface area contributed by atoms with Gasteiger partial charge in [-0.15, -0.1) is 0 Å². The van der Waals surface area contributed by atoms with Gasteiger partial charge in [0.2, 0.25) is 10.0 Å². The van der Waals surface area contributed by atoms with Crippen molar-refractivity contribution in [2.45, 2.75) is 37.2 Å². The number of aryl methyl sites for hydroxylation is 1. The molecule has 3 rings (SSSR count). The Labute approximate surface area is 184 Å². The molecule has 0 bridgehead atoms. The molecule has 2 unspecified atom stereocenters. The van der Waals surface area contributed by atoms with Gasteiger partial charge in [0, 0.05) is 4.47 Å².